The summed E-state index contributed by atoms with van der Waals surface area (Å²) >= 11 is 0. The van der Waals surface area contributed by atoms with Crippen molar-refractivity contribution in [2.45, 2.75) is 12.8 Å². The van der Waals surface area contributed by atoms with E-state index in [1.165, 1.54) is 6.07 Å². The third kappa shape index (κ3) is 2.15. The molecule has 1 aromatic carbocycles. The van der Waals surface area contributed by atoms with Gasteiger partial charge in [0.2, 0.25) is 0 Å². The highest BCUT2D eigenvalue weighted by molar-refractivity contribution is 6.06. The smallest absolute Gasteiger partial charge is 0.258 e. The molecular weight excluding hydrogens is 262 g/mol. The van der Waals surface area contributed by atoms with E-state index in [1.54, 1.807) is 17.2 Å². The van der Waals surface area contributed by atoms with Crippen LogP contribution in [0, 0.1) is 11.6 Å². The van der Waals surface area contributed by atoms with Gasteiger partial charge in [0, 0.05) is 18.3 Å². The first-order chi connectivity index (χ1) is 9.66. The lowest BCUT2D eigenvalue weighted by Gasteiger charge is -2.28. The number of rotatable bonds is 1. The molecule has 1 aliphatic heterocycles. The van der Waals surface area contributed by atoms with E-state index in [1.807, 2.05) is 6.07 Å². The summed E-state index contributed by atoms with van der Waals surface area (Å²) in [4.78, 5) is 18.3. The number of amides is 1. The molecule has 1 aromatic heterocycles. The van der Waals surface area contributed by atoms with Gasteiger partial charge in [-0.05, 0) is 43.2 Å². The summed E-state index contributed by atoms with van der Waals surface area (Å²) in [5.41, 5.74) is 1.74. The summed E-state index contributed by atoms with van der Waals surface area (Å²) in [5, 5.41) is 0. The van der Waals surface area contributed by atoms with E-state index in [2.05, 4.69) is 4.98 Å². The van der Waals surface area contributed by atoms with Crippen LogP contribution in [0.4, 0.5) is 14.5 Å². The number of aromatic nitrogens is 1. The molecule has 1 aliphatic rings. The molecule has 0 radical (unpaired) electrons. The number of halogens is 2. The van der Waals surface area contributed by atoms with Crippen LogP contribution in [0.3, 0.4) is 0 Å². The van der Waals surface area contributed by atoms with Gasteiger partial charge >= 0.3 is 0 Å². The molecule has 0 unspecified atom stereocenters. The number of nitrogens with zero attached hydrogens (tertiary/aromatic N) is 2. The molecule has 0 aliphatic carbocycles. The Bertz CT molecular complexity index is 673. The Morgan fingerprint density at radius 2 is 2.05 bits per heavy atom. The van der Waals surface area contributed by atoms with Gasteiger partial charge in [-0.1, -0.05) is 0 Å². The monoisotopic (exact) mass is 274 g/mol. The van der Waals surface area contributed by atoms with Crippen LogP contribution in [-0.2, 0) is 6.42 Å². The molecule has 1 amide bonds. The predicted molar refractivity (Wildman–Crippen MR) is 70.6 cm³/mol. The van der Waals surface area contributed by atoms with Crippen molar-refractivity contribution >= 4 is 11.6 Å². The molecule has 3 rings (SSSR count). The Hall–Kier alpha value is -2.30. The van der Waals surface area contributed by atoms with Gasteiger partial charge in [0.15, 0.2) is 11.6 Å². The van der Waals surface area contributed by atoms with E-state index in [-0.39, 0.29) is 11.5 Å². The van der Waals surface area contributed by atoms with Gasteiger partial charge in [-0.25, -0.2) is 8.78 Å². The van der Waals surface area contributed by atoms with Crippen LogP contribution in [0.1, 0.15) is 22.5 Å². The topological polar surface area (TPSA) is 33.2 Å². The zero-order chi connectivity index (χ0) is 14.1. The van der Waals surface area contributed by atoms with Crippen LogP contribution in [0.25, 0.3) is 0 Å². The van der Waals surface area contributed by atoms with Crippen molar-refractivity contribution in [2.24, 2.45) is 0 Å². The van der Waals surface area contributed by atoms with E-state index in [0.29, 0.717) is 6.54 Å². The van der Waals surface area contributed by atoms with Crippen LogP contribution < -0.4 is 4.90 Å². The van der Waals surface area contributed by atoms with Crippen molar-refractivity contribution in [3.05, 3.63) is 59.4 Å². The zero-order valence-corrected chi connectivity index (χ0v) is 10.6. The van der Waals surface area contributed by atoms with Gasteiger partial charge in [0.1, 0.15) is 0 Å². The second-order valence-electron chi connectivity index (χ2n) is 4.66. The second-order valence-corrected chi connectivity index (χ2v) is 4.66. The maximum absolute atomic E-state index is 13.2. The largest absolute Gasteiger partial charge is 0.307 e. The summed E-state index contributed by atoms with van der Waals surface area (Å²) in [6.07, 6.45) is 3.31. The number of aryl methyl sites for hydroxylation is 1. The molecule has 2 heterocycles. The Kier molecular flexibility index (Phi) is 3.18. The van der Waals surface area contributed by atoms with Gasteiger partial charge in [0.05, 0.1) is 11.4 Å². The molecule has 0 atom stereocenters. The molecule has 0 saturated heterocycles. The summed E-state index contributed by atoms with van der Waals surface area (Å²) in [7, 11) is 0. The lowest BCUT2D eigenvalue weighted by Crippen LogP contribution is -2.35. The van der Waals surface area contributed by atoms with Crippen molar-refractivity contribution in [1.29, 1.82) is 0 Å². The van der Waals surface area contributed by atoms with Gasteiger partial charge in [-0.2, -0.15) is 0 Å². The number of pyridine rings is 1. The molecule has 5 heteroatoms. The third-order valence-corrected chi connectivity index (χ3v) is 3.36. The Labute approximate surface area is 114 Å². The molecule has 0 fully saturated rings. The minimum atomic E-state index is -1.01. The number of benzene rings is 1. The quantitative estimate of drug-likeness (QED) is 0.801. The van der Waals surface area contributed by atoms with Crippen molar-refractivity contribution in [2.75, 3.05) is 11.4 Å². The molecule has 3 nitrogen and oxygen atoms in total. The molecule has 0 saturated carbocycles. The average molecular weight is 274 g/mol. The lowest BCUT2D eigenvalue weighted by atomic mass is 10.1. The van der Waals surface area contributed by atoms with Gasteiger partial charge < -0.3 is 4.90 Å². The van der Waals surface area contributed by atoms with E-state index >= 15 is 0 Å². The fraction of sp³-hybridized carbons (Fsp3) is 0.200. The van der Waals surface area contributed by atoms with Crippen LogP contribution in [0.15, 0.2) is 36.5 Å². The first-order valence-electron chi connectivity index (χ1n) is 6.37. The van der Waals surface area contributed by atoms with Crippen LogP contribution in [0.5, 0.6) is 0 Å². The number of hydrogen-bond acceptors (Lipinski definition) is 2. The van der Waals surface area contributed by atoms with Gasteiger partial charge in [-0.15, -0.1) is 0 Å². The van der Waals surface area contributed by atoms with Crippen molar-refractivity contribution in [3.8, 4) is 0 Å². The van der Waals surface area contributed by atoms with E-state index < -0.39 is 11.6 Å². The highest BCUT2D eigenvalue weighted by atomic mass is 19.2. The first kappa shape index (κ1) is 12.7. The molecule has 20 heavy (non-hydrogen) atoms. The minimum absolute atomic E-state index is 0.139. The second kappa shape index (κ2) is 5.00. The SMILES string of the molecule is O=C(c1ccc(F)c(F)c1)N1CCCc2ncccc21. The maximum Gasteiger partial charge on any atom is 0.258 e. The fourth-order valence-electron chi connectivity index (χ4n) is 2.39. The average Bonchev–Trinajstić information content (AvgIpc) is 2.49. The lowest BCUT2D eigenvalue weighted by molar-refractivity contribution is 0.0984. The van der Waals surface area contributed by atoms with E-state index in [0.717, 1.165) is 36.4 Å². The third-order valence-electron chi connectivity index (χ3n) is 3.36. The highest BCUT2D eigenvalue weighted by Gasteiger charge is 2.24. The van der Waals surface area contributed by atoms with Gasteiger partial charge in [-0.3, -0.25) is 9.78 Å². The Morgan fingerprint density at radius 3 is 2.85 bits per heavy atom. The molecule has 0 N–H and O–H groups in total. The number of carbonyl (C=O) groups excluding carboxylic acids is 1. The van der Waals surface area contributed by atoms with Crippen molar-refractivity contribution < 1.29 is 13.6 Å². The highest BCUT2D eigenvalue weighted by Crippen LogP contribution is 2.26. The summed E-state index contributed by atoms with van der Waals surface area (Å²) in [5.74, 6) is -2.31. The van der Waals surface area contributed by atoms with Crippen LogP contribution in [0.2, 0.25) is 0 Å². The van der Waals surface area contributed by atoms with E-state index in [4.69, 9.17) is 0 Å². The van der Waals surface area contributed by atoms with Crippen LogP contribution >= 0.6 is 0 Å². The fourth-order valence-corrected chi connectivity index (χ4v) is 2.39. The Balaban J connectivity index is 1.97. The summed E-state index contributed by atoms with van der Waals surface area (Å²) in [6, 6.07) is 6.78. The molecule has 102 valence electrons. The molecule has 0 spiro atoms. The van der Waals surface area contributed by atoms with Gasteiger partial charge in [0.25, 0.3) is 5.91 Å². The minimum Gasteiger partial charge on any atom is -0.307 e. The van der Waals surface area contributed by atoms with Crippen molar-refractivity contribution in [3.63, 3.8) is 0 Å². The molecule has 2 aromatic rings. The maximum atomic E-state index is 13.2. The van der Waals surface area contributed by atoms with E-state index in [9.17, 15) is 13.6 Å². The molecular formula is C15H12F2N2O. The normalized spacial score (nSPS) is 14.0. The number of fused-ring (bicyclic) bond motifs is 1. The summed E-state index contributed by atoms with van der Waals surface area (Å²) in [6.45, 7) is 0.552. The van der Waals surface area contributed by atoms with Crippen molar-refractivity contribution in [1.82, 2.24) is 4.98 Å². The first-order valence-corrected chi connectivity index (χ1v) is 6.37. The number of carbonyl (C=O) groups is 1. The Morgan fingerprint density at radius 1 is 1.20 bits per heavy atom. The molecule has 0 bridgehead atoms. The predicted octanol–water partition coefficient (Wildman–Crippen LogP) is 2.95. The number of hydrogen-bond donors (Lipinski definition) is 0. The summed E-state index contributed by atoms with van der Waals surface area (Å²) < 4.78 is 26.2. The zero-order valence-electron chi connectivity index (χ0n) is 10.6. The number of anilines is 1. The standard InChI is InChI=1S/C15H12F2N2O/c16-11-6-5-10(9-12(11)17)15(20)19-8-2-3-13-14(19)4-1-7-18-13/h1,4-7,9H,2-3,8H2. The van der Waals surface area contributed by atoms with Crippen LogP contribution in [-0.4, -0.2) is 17.4 Å².